The molecular formula is C100H86N2O2. The normalized spacial score (nSPS) is 15.7. The maximum Gasteiger partial charge on any atom is 0.119 e. The van der Waals surface area contributed by atoms with Crippen LogP contribution in [0.15, 0.2) is 358 Å². The van der Waals surface area contributed by atoms with Crippen LogP contribution in [0.25, 0.3) is 39.5 Å². The van der Waals surface area contributed by atoms with Gasteiger partial charge in [-0.3, -0.25) is 0 Å². The van der Waals surface area contributed by atoms with E-state index in [1.54, 1.807) is 0 Å². The molecule has 0 spiro atoms. The Bertz CT molecular complexity index is 5370. The first kappa shape index (κ1) is 66.6. The minimum Gasteiger partial charge on any atom is -0.489 e. The largest absolute Gasteiger partial charge is 0.489 e. The summed E-state index contributed by atoms with van der Waals surface area (Å²) in [7, 11) is 0. The molecule has 2 unspecified atom stereocenters. The van der Waals surface area contributed by atoms with Crippen molar-refractivity contribution in [1.29, 1.82) is 0 Å². The van der Waals surface area contributed by atoms with Crippen LogP contribution in [-0.4, -0.2) is 6.61 Å². The van der Waals surface area contributed by atoms with Crippen molar-refractivity contribution in [1.82, 2.24) is 0 Å². The van der Waals surface area contributed by atoms with Gasteiger partial charge in [-0.1, -0.05) is 297 Å². The van der Waals surface area contributed by atoms with Gasteiger partial charge in [0.1, 0.15) is 24.7 Å². The average molecular weight is 1350 g/mol. The number of para-hydroxylation sites is 2. The summed E-state index contributed by atoms with van der Waals surface area (Å²) in [6, 6.07) is 117. The summed E-state index contributed by atoms with van der Waals surface area (Å²) in [6.45, 7) is 22.7. The number of allylic oxidation sites excluding steroid dienone is 4. The minimum atomic E-state index is -0.660. The standard InChI is InChI=1S/C100H86N2O2/c1-9-69-29-33-71(34-30-69)67-103-87-59-49-79(50-60-87)99(77-45-41-75(42-46-77)97(3,4)5)93-27-19-17-25-89(93)91-63-57-85(65-95(91)99)101(81-21-13-11-14-22-81)83-53-37-73(38-54-83)74-39-55-84(56-40-74)102(82-23-15-12-16-24-82)86-58-64-92-90-26-18-20-28-94(90)100(96(92)66-86,78-47-43-76(44-48-78)98(6,7)8)80-51-61-88(62-52-80)104-68-72-35-31-70(10-2)32-36-72/h9-31,33-35,37-66H,1-2,32,36,67-68H2,3-8H3. The second kappa shape index (κ2) is 27.4. The fourth-order valence-corrected chi connectivity index (χ4v) is 16.2. The Hall–Kier alpha value is -12.0. The zero-order valence-corrected chi connectivity index (χ0v) is 60.3. The molecular weight excluding hydrogens is 1260 g/mol. The van der Waals surface area contributed by atoms with Crippen molar-refractivity contribution in [3.05, 3.63) is 425 Å². The van der Waals surface area contributed by atoms with Crippen LogP contribution in [0.1, 0.15) is 121 Å². The zero-order chi connectivity index (χ0) is 71.2. The molecule has 0 aromatic heterocycles. The molecule has 13 aromatic rings. The van der Waals surface area contributed by atoms with E-state index < -0.39 is 10.8 Å². The number of nitrogens with zero attached hydrogens (tertiary/aromatic N) is 2. The van der Waals surface area contributed by atoms with Crippen LogP contribution in [0.3, 0.4) is 0 Å². The van der Waals surface area contributed by atoms with Crippen molar-refractivity contribution in [3.63, 3.8) is 0 Å². The summed E-state index contributed by atoms with van der Waals surface area (Å²) < 4.78 is 13.0. The van der Waals surface area contributed by atoms with E-state index in [2.05, 4.69) is 392 Å². The predicted octanol–water partition coefficient (Wildman–Crippen LogP) is 26.0. The van der Waals surface area contributed by atoms with Gasteiger partial charge in [-0.05, 0) is 232 Å². The van der Waals surface area contributed by atoms with Crippen molar-refractivity contribution in [3.8, 4) is 44.9 Å². The first-order valence-electron chi connectivity index (χ1n) is 36.5. The van der Waals surface area contributed by atoms with Gasteiger partial charge in [0.2, 0.25) is 0 Å². The van der Waals surface area contributed by atoms with Crippen molar-refractivity contribution < 1.29 is 9.47 Å². The SMILES string of the molecule is C=CC1=CC=C(COc2ccc(C3(c4ccc(C(C)(C)C)cc4)c4ccccc4-c4ccc(N(c5ccccc5)c5ccc(-c6ccc(N(c7ccccc7)c7ccc8c(c7)C(c7ccc(OCc9ccc(C=C)cc9)cc7)(c7ccc(C(C)(C)C)cc7)c7ccccc7-8)cc6)cc5)cc43)cc2)CC1. The Morgan fingerprint density at radius 3 is 1.11 bits per heavy atom. The van der Waals surface area contributed by atoms with Crippen LogP contribution in [0.5, 0.6) is 11.5 Å². The van der Waals surface area contributed by atoms with Gasteiger partial charge in [0.25, 0.3) is 0 Å². The number of anilines is 6. The minimum absolute atomic E-state index is 0.0132. The summed E-state index contributed by atoms with van der Waals surface area (Å²) in [6.07, 6.45) is 10.1. The Kier molecular flexibility index (Phi) is 17.5. The third-order valence-electron chi connectivity index (χ3n) is 21.7. The second-order valence-corrected chi connectivity index (χ2v) is 30.0. The van der Waals surface area contributed by atoms with E-state index in [0.717, 1.165) is 80.7 Å². The highest BCUT2D eigenvalue weighted by atomic mass is 16.5. The Balaban J connectivity index is 0.752. The van der Waals surface area contributed by atoms with Crippen molar-refractivity contribution in [2.75, 3.05) is 16.4 Å². The van der Waals surface area contributed by atoms with Crippen molar-refractivity contribution >= 4 is 40.2 Å². The van der Waals surface area contributed by atoms with Gasteiger partial charge in [0.05, 0.1) is 10.8 Å². The highest BCUT2D eigenvalue weighted by molar-refractivity contribution is 5.92. The van der Waals surface area contributed by atoms with Gasteiger partial charge in [0.15, 0.2) is 0 Å². The van der Waals surface area contributed by atoms with Crippen LogP contribution in [0, 0.1) is 0 Å². The number of fused-ring (bicyclic) bond motifs is 6. The summed E-state index contributed by atoms with van der Waals surface area (Å²) in [5.41, 5.74) is 29.3. The molecule has 0 bridgehead atoms. The van der Waals surface area contributed by atoms with Gasteiger partial charge in [-0.2, -0.15) is 0 Å². The number of ether oxygens (including phenoxy) is 2. The molecule has 0 amide bonds. The van der Waals surface area contributed by atoms with Gasteiger partial charge in [-0.15, -0.1) is 0 Å². The number of rotatable bonds is 19. The van der Waals surface area contributed by atoms with Crippen LogP contribution in [0.2, 0.25) is 0 Å². The van der Waals surface area contributed by atoms with E-state index in [0.29, 0.717) is 13.2 Å². The quantitative estimate of drug-likeness (QED) is 0.0806. The summed E-state index contributed by atoms with van der Waals surface area (Å²) in [4.78, 5) is 4.81. The van der Waals surface area contributed by atoms with E-state index >= 15 is 0 Å². The lowest BCUT2D eigenvalue weighted by atomic mass is 9.67. The smallest absolute Gasteiger partial charge is 0.119 e. The van der Waals surface area contributed by atoms with Crippen molar-refractivity contribution in [2.45, 2.75) is 82.7 Å². The molecule has 0 radical (unpaired) electrons. The fourth-order valence-electron chi connectivity index (χ4n) is 16.2. The van der Waals surface area contributed by atoms with E-state index in [4.69, 9.17) is 9.47 Å². The highest BCUT2D eigenvalue weighted by Gasteiger charge is 2.48. The van der Waals surface area contributed by atoms with Crippen LogP contribution in [-0.2, 0) is 28.3 Å². The van der Waals surface area contributed by atoms with Gasteiger partial charge in [-0.25, -0.2) is 0 Å². The number of hydrogen-bond acceptors (Lipinski definition) is 4. The molecule has 0 saturated heterocycles. The molecule has 0 heterocycles. The van der Waals surface area contributed by atoms with E-state index in [-0.39, 0.29) is 10.8 Å². The molecule has 104 heavy (non-hydrogen) atoms. The van der Waals surface area contributed by atoms with Crippen LogP contribution >= 0.6 is 0 Å². The topological polar surface area (TPSA) is 24.9 Å². The molecule has 16 rings (SSSR count). The molecule has 0 saturated carbocycles. The molecule has 0 N–H and O–H groups in total. The van der Waals surface area contributed by atoms with Crippen molar-refractivity contribution in [2.24, 2.45) is 0 Å². The maximum absolute atomic E-state index is 6.54. The van der Waals surface area contributed by atoms with Gasteiger partial charge in [0, 0.05) is 34.1 Å². The molecule has 508 valence electrons. The van der Waals surface area contributed by atoms with Gasteiger partial charge < -0.3 is 19.3 Å². The highest BCUT2D eigenvalue weighted by Crippen LogP contribution is 2.60. The van der Waals surface area contributed by atoms with Crippen LogP contribution < -0.4 is 19.3 Å². The fraction of sp³-hybridized carbons (Fsp3) is 0.140. The Morgan fingerprint density at radius 2 is 0.712 bits per heavy atom. The lowest BCUT2D eigenvalue weighted by Gasteiger charge is -2.35. The van der Waals surface area contributed by atoms with E-state index in [9.17, 15) is 0 Å². The maximum atomic E-state index is 6.54. The van der Waals surface area contributed by atoms with E-state index in [1.165, 1.54) is 89.0 Å². The molecule has 3 aliphatic rings. The number of hydrogen-bond donors (Lipinski definition) is 0. The molecule has 0 fully saturated rings. The van der Waals surface area contributed by atoms with Gasteiger partial charge >= 0.3 is 0 Å². The first-order valence-corrected chi connectivity index (χ1v) is 36.5. The molecule has 4 nitrogen and oxygen atoms in total. The molecule has 4 heteroatoms. The monoisotopic (exact) mass is 1350 g/mol. The van der Waals surface area contributed by atoms with E-state index in [1.807, 2.05) is 12.2 Å². The third-order valence-corrected chi connectivity index (χ3v) is 21.7. The summed E-state index contributed by atoms with van der Waals surface area (Å²) >= 11 is 0. The predicted molar refractivity (Wildman–Crippen MR) is 435 cm³/mol. The number of benzene rings is 13. The molecule has 0 aliphatic heterocycles. The van der Waals surface area contributed by atoms with Crippen LogP contribution in [0.4, 0.5) is 34.1 Å². The Labute approximate surface area is 614 Å². The lowest BCUT2D eigenvalue weighted by molar-refractivity contribution is 0.306. The summed E-state index contributed by atoms with van der Waals surface area (Å²) in [5, 5.41) is 0. The lowest BCUT2D eigenvalue weighted by Crippen LogP contribution is -2.29. The summed E-state index contributed by atoms with van der Waals surface area (Å²) in [5.74, 6) is 1.67. The molecule has 13 aromatic carbocycles. The Morgan fingerprint density at radius 1 is 0.337 bits per heavy atom. The average Bonchev–Trinajstić information content (AvgIpc) is 1.64. The molecule has 2 atom stereocenters. The first-order chi connectivity index (χ1) is 50.7. The second-order valence-electron chi connectivity index (χ2n) is 30.0. The zero-order valence-electron chi connectivity index (χ0n) is 60.3. The third kappa shape index (κ3) is 12.2. The molecule has 3 aliphatic carbocycles.